The van der Waals surface area contributed by atoms with Crippen LogP contribution in [0.2, 0.25) is 0 Å². The van der Waals surface area contributed by atoms with Crippen LogP contribution in [0, 0.1) is 0 Å². The average molecular weight is 136 g/mol. The Labute approximate surface area is 58.4 Å². The summed E-state index contributed by atoms with van der Waals surface area (Å²) in [5.74, 6) is 0. The van der Waals surface area contributed by atoms with Crippen molar-refractivity contribution in [3.05, 3.63) is 23.8 Å². The Bertz CT molecular complexity index is 330. The van der Waals surface area contributed by atoms with E-state index in [4.69, 9.17) is 4.58 Å². The minimum Gasteiger partial charge on any atom is -0.286 e. The second kappa shape index (κ2) is 1.90. The van der Waals surface area contributed by atoms with Gasteiger partial charge < -0.3 is 0 Å². The van der Waals surface area contributed by atoms with E-state index in [1.165, 1.54) is 5.56 Å². The second-order valence-corrected chi connectivity index (χ2v) is 2.30. The Hall–Kier alpha value is -1.18. The smallest absolute Gasteiger partial charge is 0.225 e. The van der Waals surface area contributed by atoms with Crippen LogP contribution in [0.1, 0.15) is 12.5 Å². The molecule has 0 aliphatic heterocycles. The van der Waals surface area contributed by atoms with E-state index < -0.39 is 0 Å². The van der Waals surface area contributed by atoms with Crippen molar-refractivity contribution in [3.8, 4) is 0 Å². The van der Waals surface area contributed by atoms with Gasteiger partial charge in [0.25, 0.3) is 0 Å². The summed E-state index contributed by atoms with van der Waals surface area (Å²) in [6.07, 6.45) is 1.04. The Balaban J connectivity index is 2.57. The largest absolute Gasteiger partial charge is 0.286 e. The number of fused-ring (bicyclic) bond motifs is 1. The maximum absolute atomic E-state index is 4.72. The molecule has 0 spiro atoms. The van der Waals surface area contributed by atoms with Gasteiger partial charge in [0.15, 0.2) is 0 Å². The summed E-state index contributed by atoms with van der Waals surface area (Å²) in [5, 5.41) is 0. The van der Waals surface area contributed by atoms with E-state index in [-0.39, 0.29) is 0 Å². The van der Waals surface area contributed by atoms with E-state index in [2.05, 4.69) is 11.5 Å². The van der Waals surface area contributed by atoms with Crippen molar-refractivity contribution in [2.45, 2.75) is 13.3 Å². The lowest BCUT2D eigenvalue weighted by molar-refractivity contribution is 0.0588. The molecule has 0 saturated carbocycles. The lowest BCUT2D eigenvalue weighted by Gasteiger charge is -1.98. The van der Waals surface area contributed by atoms with Crippen LogP contribution < -0.4 is 0 Å². The van der Waals surface area contributed by atoms with Crippen LogP contribution in [0.15, 0.2) is 27.4 Å². The molecule has 0 radical (unpaired) electrons. The van der Waals surface area contributed by atoms with Gasteiger partial charge in [0, 0.05) is 0 Å². The molecule has 1 aromatic heterocycles. The van der Waals surface area contributed by atoms with Crippen molar-refractivity contribution in [2.24, 2.45) is 0 Å². The molecule has 2 heteroatoms. The van der Waals surface area contributed by atoms with Crippen molar-refractivity contribution in [1.29, 1.82) is 0 Å². The van der Waals surface area contributed by atoms with Crippen LogP contribution in [0.4, 0.5) is 0 Å². The van der Waals surface area contributed by atoms with Gasteiger partial charge in [0.05, 0.1) is 0 Å². The van der Waals surface area contributed by atoms with Gasteiger partial charge in [-0.1, -0.05) is 13.0 Å². The van der Waals surface area contributed by atoms with Crippen LogP contribution in [-0.2, 0) is 6.42 Å². The molecule has 52 valence electrons. The summed E-state index contributed by atoms with van der Waals surface area (Å²) in [5.41, 5.74) is 2.98. The third kappa shape index (κ3) is 0.652. The molecular formula is C8H8O2. The average Bonchev–Trinajstić information content (AvgIpc) is 1.92. The van der Waals surface area contributed by atoms with E-state index in [0.29, 0.717) is 0 Å². The summed E-state index contributed by atoms with van der Waals surface area (Å²) in [6, 6.07) is 5.97. The molecule has 0 aliphatic rings. The first-order valence-corrected chi connectivity index (χ1v) is 3.37. The van der Waals surface area contributed by atoms with E-state index in [9.17, 15) is 0 Å². The van der Waals surface area contributed by atoms with Crippen LogP contribution in [0.3, 0.4) is 0 Å². The Morgan fingerprint density at radius 2 is 2.00 bits per heavy atom. The maximum atomic E-state index is 4.72. The predicted octanol–water partition coefficient (Wildman–Crippen LogP) is 2.59. The lowest BCUT2D eigenvalue weighted by atomic mass is 10.2. The van der Waals surface area contributed by atoms with Crippen molar-refractivity contribution in [1.82, 2.24) is 0 Å². The fourth-order valence-corrected chi connectivity index (χ4v) is 0.962. The van der Waals surface area contributed by atoms with E-state index >= 15 is 0 Å². The molecule has 2 rings (SSSR count). The highest BCUT2D eigenvalue weighted by Crippen LogP contribution is 2.19. The van der Waals surface area contributed by atoms with Gasteiger partial charge >= 0.3 is 0 Å². The highest BCUT2D eigenvalue weighted by atomic mass is 17.0. The van der Waals surface area contributed by atoms with Crippen LogP contribution in [0.5, 0.6) is 0 Å². The van der Waals surface area contributed by atoms with Gasteiger partial charge in [0.2, 0.25) is 11.2 Å². The Kier molecular flexibility index (Phi) is 1.07. The minimum atomic E-state index is 0.845. The van der Waals surface area contributed by atoms with Gasteiger partial charge in [0.1, 0.15) is 0 Å². The molecule has 1 aromatic carbocycles. The summed E-state index contributed by atoms with van der Waals surface area (Å²) in [6.45, 7) is 2.11. The fourth-order valence-electron chi connectivity index (χ4n) is 0.962. The third-order valence-corrected chi connectivity index (χ3v) is 1.64. The van der Waals surface area contributed by atoms with Crippen LogP contribution in [0.25, 0.3) is 11.2 Å². The predicted molar refractivity (Wildman–Crippen MR) is 37.9 cm³/mol. The van der Waals surface area contributed by atoms with Crippen LogP contribution in [-0.4, -0.2) is 0 Å². The molecule has 0 saturated heterocycles. The summed E-state index contributed by atoms with van der Waals surface area (Å²) in [4.78, 5) is 0. The Morgan fingerprint density at radius 1 is 1.20 bits per heavy atom. The normalized spacial score (nSPS) is 10.9. The SMILES string of the molecule is CCc1ccc2ooc2c1. The first-order chi connectivity index (χ1) is 4.90. The molecule has 0 atom stereocenters. The standard InChI is InChI=1S/C8H8O2/c1-2-6-3-4-7-8(5-6)10-9-7/h3-5H,2H2,1H3. The topological polar surface area (TPSA) is 26.3 Å². The molecule has 1 heterocycles. The molecule has 0 amide bonds. The zero-order chi connectivity index (χ0) is 6.97. The number of hydrogen-bond acceptors (Lipinski definition) is 2. The van der Waals surface area contributed by atoms with E-state index in [1.54, 1.807) is 0 Å². The summed E-state index contributed by atoms with van der Waals surface area (Å²) in [7, 11) is 0. The fraction of sp³-hybridized carbons (Fsp3) is 0.250. The maximum Gasteiger partial charge on any atom is 0.225 e. The molecule has 2 aromatic rings. The summed E-state index contributed by atoms with van der Waals surface area (Å²) < 4.78 is 9.39. The molecule has 10 heavy (non-hydrogen) atoms. The molecule has 0 aliphatic carbocycles. The molecule has 0 unspecified atom stereocenters. The number of hydrogen-bond donors (Lipinski definition) is 0. The number of rotatable bonds is 1. The molecular weight excluding hydrogens is 128 g/mol. The van der Waals surface area contributed by atoms with Crippen molar-refractivity contribution in [2.75, 3.05) is 0 Å². The summed E-state index contributed by atoms with van der Waals surface area (Å²) >= 11 is 0. The third-order valence-electron chi connectivity index (χ3n) is 1.64. The second-order valence-electron chi connectivity index (χ2n) is 2.30. The van der Waals surface area contributed by atoms with Gasteiger partial charge in [-0.2, -0.15) is 0 Å². The zero-order valence-corrected chi connectivity index (χ0v) is 5.76. The Morgan fingerprint density at radius 3 is 2.50 bits per heavy atom. The van der Waals surface area contributed by atoms with E-state index in [0.717, 1.165) is 17.6 Å². The van der Waals surface area contributed by atoms with E-state index in [1.807, 2.05) is 18.2 Å². The number of benzene rings is 1. The highest BCUT2D eigenvalue weighted by molar-refractivity contribution is 5.71. The van der Waals surface area contributed by atoms with Gasteiger partial charge in [-0.3, -0.25) is 9.15 Å². The van der Waals surface area contributed by atoms with Gasteiger partial charge in [-0.15, -0.1) is 0 Å². The monoisotopic (exact) mass is 136 g/mol. The molecule has 0 bridgehead atoms. The molecule has 0 N–H and O–H groups in total. The van der Waals surface area contributed by atoms with Gasteiger partial charge in [-0.25, -0.2) is 0 Å². The van der Waals surface area contributed by atoms with Crippen molar-refractivity contribution < 1.29 is 9.15 Å². The lowest BCUT2D eigenvalue weighted by Crippen LogP contribution is -1.81. The molecule has 2 nitrogen and oxygen atoms in total. The zero-order valence-electron chi connectivity index (χ0n) is 5.76. The quantitative estimate of drug-likeness (QED) is 0.563. The minimum absolute atomic E-state index is 0.845. The number of aryl methyl sites for hydroxylation is 1. The van der Waals surface area contributed by atoms with Crippen molar-refractivity contribution >= 4 is 11.2 Å². The molecule has 0 fully saturated rings. The van der Waals surface area contributed by atoms with Gasteiger partial charge in [-0.05, 0) is 24.1 Å². The highest BCUT2D eigenvalue weighted by Gasteiger charge is 2.02. The first kappa shape index (κ1) is 5.59. The van der Waals surface area contributed by atoms with Crippen LogP contribution >= 0.6 is 0 Å². The first-order valence-electron chi connectivity index (χ1n) is 3.37. The van der Waals surface area contributed by atoms with Crippen molar-refractivity contribution in [3.63, 3.8) is 0 Å².